The van der Waals surface area contributed by atoms with Crippen molar-refractivity contribution in [1.29, 1.82) is 0 Å². The minimum Gasteiger partial charge on any atom is -0.481 e. The van der Waals surface area contributed by atoms with Crippen LogP contribution >= 0.6 is 11.8 Å². The molecule has 7 heteroatoms. The third-order valence-corrected chi connectivity index (χ3v) is 6.34. The monoisotopic (exact) mass is 438 g/mol. The first-order valence-corrected chi connectivity index (χ1v) is 11.1. The summed E-state index contributed by atoms with van der Waals surface area (Å²) in [5, 5.41) is 15.1. The third-order valence-electron chi connectivity index (χ3n) is 5.32. The zero-order valence-corrected chi connectivity index (χ0v) is 18.4. The molecule has 0 aromatic heterocycles. The number of carboxylic acid groups (broad SMARTS) is 1. The first kappa shape index (κ1) is 22.6. The summed E-state index contributed by atoms with van der Waals surface area (Å²) in [5.41, 5.74) is 3.51. The third kappa shape index (κ3) is 5.98. The fourth-order valence-electron chi connectivity index (χ4n) is 3.58. The van der Waals surface area contributed by atoms with E-state index in [1.807, 2.05) is 56.3 Å². The molecule has 0 saturated heterocycles. The number of amides is 2. The number of hydrogen-bond acceptors (Lipinski definition) is 4. The first-order valence-electron chi connectivity index (χ1n) is 10.1. The number of para-hydroxylation sites is 1. The zero-order valence-electron chi connectivity index (χ0n) is 17.6. The van der Waals surface area contributed by atoms with E-state index in [-0.39, 0.29) is 17.6 Å². The van der Waals surface area contributed by atoms with Crippen LogP contribution in [0.4, 0.5) is 11.4 Å². The van der Waals surface area contributed by atoms with Gasteiger partial charge in [-0.2, -0.15) is 0 Å². The molecule has 0 bridgehead atoms. The molecule has 2 amide bonds. The second-order valence-electron chi connectivity index (χ2n) is 7.61. The molecular formula is C24H26N2O4S. The van der Waals surface area contributed by atoms with Gasteiger partial charge < -0.3 is 15.7 Å². The smallest absolute Gasteiger partial charge is 0.307 e. The van der Waals surface area contributed by atoms with Crippen molar-refractivity contribution in [3.05, 3.63) is 65.7 Å². The van der Waals surface area contributed by atoms with Crippen LogP contribution in [0.3, 0.4) is 0 Å². The lowest BCUT2D eigenvalue weighted by molar-refractivity contribution is -0.146. The normalized spacial score (nSPS) is 17.7. The van der Waals surface area contributed by atoms with E-state index in [2.05, 4.69) is 10.6 Å². The maximum atomic E-state index is 12.5. The van der Waals surface area contributed by atoms with Gasteiger partial charge in [-0.05, 0) is 62.1 Å². The Labute approximate surface area is 186 Å². The van der Waals surface area contributed by atoms with E-state index in [4.69, 9.17) is 0 Å². The Kier molecular flexibility index (Phi) is 7.52. The molecule has 0 heterocycles. The Hall–Kier alpha value is -3.06. The number of aryl methyl sites for hydroxylation is 2. The molecule has 2 atom stereocenters. The van der Waals surface area contributed by atoms with Crippen LogP contribution in [0.2, 0.25) is 0 Å². The fraction of sp³-hybridized carbons (Fsp3) is 0.292. The van der Waals surface area contributed by atoms with Gasteiger partial charge in [-0.15, -0.1) is 11.8 Å². The van der Waals surface area contributed by atoms with E-state index < -0.39 is 17.8 Å². The Morgan fingerprint density at radius 1 is 0.935 bits per heavy atom. The van der Waals surface area contributed by atoms with Crippen LogP contribution in [-0.4, -0.2) is 28.6 Å². The number of carboxylic acids is 1. The van der Waals surface area contributed by atoms with Crippen molar-refractivity contribution < 1.29 is 19.5 Å². The average molecular weight is 439 g/mol. The average Bonchev–Trinajstić information content (AvgIpc) is 2.76. The number of hydrogen-bond donors (Lipinski definition) is 3. The van der Waals surface area contributed by atoms with E-state index in [9.17, 15) is 19.5 Å². The van der Waals surface area contributed by atoms with E-state index in [1.165, 1.54) is 11.8 Å². The molecule has 31 heavy (non-hydrogen) atoms. The lowest BCUT2D eigenvalue weighted by atomic mass is 9.82. The maximum absolute atomic E-state index is 12.5. The Morgan fingerprint density at radius 3 is 2.16 bits per heavy atom. The van der Waals surface area contributed by atoms with Gasteiger partial charge in [0, 0.05) is 16.3 Å². The summed E-state index contributed by atoms with van der Waals surface area (Å²) in [4.78, 5) is 37.2. The van der Waals surface area contributed by atoms with Gasteiger partial charge in [-0.25, -0.2) is 0 Å². The Bertz CT molecular complexity index is 981. The van der Waals surface area contributed by atoms with Crippen molar-refractivity contribution in [2.75, 3.05) is 16.4 Å². The summed E-state index contributed by atoms with van der Waals surface area (Å²) in [5.74, 6) is -2.32. The molecule has 2 unspecified atom stereocenters. The minimum atomic E-state index is -0.949. The van der Waals surface area contributed by atoms with Gasteiger partial charge >= 0.3 is 5.97 Å². The first-order chi connectivity index (χ1) is 14.8. The summed E-state index contributed by atoms with van der Waals surface area (Å²) < 4.78 is 0. The number of allylic oxidation sites excluding steroid dienone is 2. The van der Waals surface area contributed by atoms with Gasteiger partial charge in [0.15, 0.2) is 0 Å². The summed E-state index contributed by atoms with van der Waals surface area (Å²) in [7, 11) is 0. The summed E-state index contributed by atoms with van der Waals surface area (Å²) in [6, 6.07) is 13.1. The molecule has 0 saturated carbocycles. The second kappa shape index (κ2) is 10.3. The van der Waals surface area contributed by atoms with Gasteiger partial charge in [-0.1, -0.05) is 30.4 Å². The van der Waals surface area contributed by atoms with E-state index in [0.29, 0.717) is 18.5 Å². The highest BCUT2D eigenvalue weighted by molar-refractivity contribution is 8.00. The summed E-state index contributed by atoms with van der Waals surface area (Å²) in [6.45, 7) is 3.93. The van der Waals surface area contributed by atoms with E-state index in [1.54, 1.807) is 12.1 Å². The van der Waals surface area contributed by atoms with Crippen molar-refractivity contribution in [3.63, 3.8) is 0 Å². The molecule has 2 aromatic rings. The van der Waals surface area contributed by atoms with Crippen molar-refractivity contribution in [2.24, 2.45) is 11.8 Å². The molecule has 2 aromatic carbocycles. The minimum absolute atomic E-state index is 0.0788. The number of carbonyl (C=O) groups excluding carboxylic acids is 2. The predicted molar refractivity (Wildman–Crippen MR) is 123 cm³/mol. The van der Waals surface area contributed by atoms with Crippen LogP contribution in [0.1, 0.15) is 24.0 Å². The molecule has 1 aliphatic rings. The quantitative estimate of drug-likeness (QED) is 0.432. The summed E-state index contributed by atoms with van der Waals surface area (Å²) in [6.07, 6.45) is 4.46. The van der Waals surface area contributed by atoms with Crippen LogP contribution in [-0.2, 0) is 14.4 Å². The molecule has 3 rings (SSSR count). The van der Waals surface area contributed by atoms with Crippen LogP contribution in [0.15, 0.2) is 59.5 Å². The number of thioether (sulfide) groups is 1. The molecule has 0 aliphatic heterocycles. The second-order valence-corrected chi connectivity index (χ2v) is 8.66. The molecule has 0 radical (unpaired) electrons. The number of rotatable bonds is 7. The van der Waals surface area contributed by atoms with E-state index in [0.717, 1.165) is 21.7 Å². The van der Waals surface area contributed by atoms with Gasteiger partial charge in [0.1, 0.15) is 0 Å². The summed E-state index contributed by atoms with van der Waals surface area (Å²) >= 11 is 1.41. The standard InChI is InChI=1S/C24H26N2O4S/c1-15-6-5-7-16(2)22(15)26-21(27)14-31-18-12-10-17(11-13-18)25-23(28)19-8-3-4-9-20(19)24(29)30/h3-7,10-13,19-20H,8-9,14H2,1-2H3,(H,25,28)(H,26,27)(H,29,30). The molecule has 6 nitrogen and oxygen atoms in total. The number of aliphatic carboxylic acids is 1. The fourth-order valence-corrected chi connectivity index (χ4v) is 4.28. The number of carbonyl (C=O) groups is 3. The van der Waals surface area contributed by atoms with Gasteiger partial charge in [0.05, 0.1) is 17.6 Å². The Morgan fingerprint density at radius 2 is 1.55 bits per heavy atom. The Balaban J connectivity index is 1.53. The molecule has 0 fully saturated rings. The van der Waals surface area contributed by atoms with Crippen LogP contribution in [0.5, 0.6) is 0 Å². The number of nitrogens with one attached hydrogen (secondary N) is 2. The predicted octanol–water partition coefficient (Wildman–Crippen LogP) is 4.64. The lowest BCUT2D eigenvalue weighted by Crippen LogP contribution is -2.34. The topological polar surface area (TPSA) is 95.5 Å². The largest absolute Gasteiger partial charge is 0.481 e. The molecule has 1 aliphatic carbocycles. The van der Waals surface area contributed by atoms with E-state index >= 15 is 0 Å². The number of anilines is 2. The van der Waals surface area contributed by atoms with Gasteiger partial charge in [0.2, 0.25) is 11.8 Å². The molecule has 0 spiro atoms. The maximum Gasteiger partial charge on any atom is 0.307 e. The lowest BCUT2D eigenvalue weighted by Gasteiger charge is -2.24. The van der Waals surface area contributed by atoms with Gasteiger partial charge in [-0.3, -0.25) is 14.4 Å². The highest BCUT2D eigenvalue weighted by Gasteiger charge is 2.33. The van der Waals surface area contributed by atoms with Crippen LogP contribution < -0.4 is 10.6 Å². The highest BCUT2D eigenvalue weighted by atomic mass is 32.2. The van der Waals surface area contributed by atoms with Crippen molar-refractivity contribution in [3.8, 4) is 0 Å². The zero-order chi connectivity index (χ0) is 22.4. The van der Waals surface area contributed by atoms with Crippen molar-refractivity contribution in [1.82, 2.24) is 0 Å². The SMILES string of the molecule is Cc1cccc(C)c1NC(=O)CSc1ccc(NC(=O)C2CC=CCC2C(=O)O)cc1. The molecule has 162 valence electrons. The van der Waals surface area contributed by atoms with Gasteiger partial charge in [0.25, 0.3) is 0 Å². The van der Waals surface area contributed by atoms with Crippen molar-refractivity contribution >= 4 is 40.9 Å². The van der Waals surface area contributed by atoms with Crippen LogP contribution in [0.25, 0.3) is 0 Å². The van der Waals surface area contributed by atoms with Crippen LogP contribution in [0, 0.1) is 25.7 Å². The highest BCUT2D eigenvalue weighted by Crippen LogP contribution is 2.28. The molecular weight excluding hydrogens is 412 g/mol. The number of benzene rings is 2. The molecule has 3 N–H and O–H groups in total. The van der Waals surface area contributed by atoms with Crippen molar-refractivity contribution in [2.45, 2.75) is 31.6 Å².